The molecule has 1 heterocycles. The van der Waals surface area contributed by atoms with Gasteiger partial charge in [-0.1, -0.05) is 60.2 Å². The summed E-state index contributed by atoms with van der Waals surface area (Å²) < 4.78 is 0. The molecule has 0 aromatic heterocycles. The predicted molar refractivity (Wildman–Crippen MR) is 103 cm³/mol. The highest BCUT2D eigenvalue weighted by Gasteiger charge is 2.28. The van der Waals surface area contributed by atoms with E-state index in [1.54, 1.807) is 0 Å². The summed E-state index contributed by atoms with van der Waals surface area (Å²) in [4.78, 5) is 27.3. The molecule has 1 aliphatic heterocycles. The third-order valence-electron chi connectivity index (χ3n) is 4.86. The van der Waals surface area contributed by atoms with E-state index in [-0.39, 0.29) is 11.8 Å². The van der Waals surface area contributed by atoms with E-state index in [9.17, 15) is 9.59 Å². The molecule has 136 valence electrons. The summed E-state index contributed by atoms with van der Waals surface area (Å²) >= 11 is 0. The zero-order chi connectivity index (χ0) is 18.4. The second-order valence-electron chi connectivity index (χ2n) is 6.93. The van der Waals surface area contributed by atoms with Crippen LogP contribution in [0.5, 0.6) is 0 Å². The Morgan fingerprint density at radius 2 is 1.65 bits per heavy atom. The van der Waals surface area contributed by atoms with Gasteiger partial charge in [0, 0.05) is 19.5 Å². The maximum Gasteiger partial charge on any atom is 0.249 e. The lowest BCUT2D eigenvalue weighted by atomic mass is 10.0. The molecule has 0 unspecified atom stereocenters. The number of nitrogens with zero attached hydrogens (tertiary/aromatic N) is 1. The Balaban J connectivity index is 1.65. The Hall–Kier alpha value is -2.62. The van der Waals surface area contributed by atoms with E-state index in [2.05, 4.69) is 17.4 Å². The van der Waals surface area contributed by atoms with Crippen LogP contribution in [0.15, 0.2) is 54.6 Å². The highest BCUT2D eigenvalue weighted by molar-refractivity contribution is 5.88. The monoisotopic (exact) mass is 350 g/mol. The lowest BCUT2D eigenvalue weighted by molar-refractivity contribution is -0.135. The fourth-order valence-corrected chi connectivity index (χ4v) is 3.30. The van der Waals surface area contributed by atoms with Crippen molar-refractivity contribution < 1.29 is 9.59 Å². The molecule has 3 rings (SSSR count). The van der Waals surface area contributed by atoms with Crippen LogP contribution in [0.25, 0.3) is 0 Å². The zero-order valence-corrected chi connectivity index (χ0v) is 15.3. The quantitative estimate of drug-likeness (QED) is 0.868. The lowest BCUT2D eigenvalue weighted by Crippen LogP contribution is -2.41. The van der Waals surface area contributed by atoms with Gasteiger partial charge in [0.15, 0.2) is 0 Å². The predicted octanol–water partition coefficient (Wildman–Crippen LogP) is 3.41. The first-order valence-electron chi connectivity index (χ1n) is 9.32. The molecule has 0 spiro atoms. The summed E-state index contributed by atoms with van der Waals surface area (Å²) in [6.45, 7) is 3.60. The van der Waals surface area contributed by atoms with E-state index in [0.717, 1.165) is 37.1 Å². The largest absolute Gasteiger partial charge is 0.341 e. The third kappa shape index (κ3) is 4.72. The molecule has 2 aromatic rings. The molecule has 4 heteroatoms. The highest BCUT2D eigenvalue weighted by atomic mass is 16.2. The van der Waals surface area contributed by atoms with Crippen LogP contribution in [0.4, 0.5) is 0 Å². The summed E-state index contributed by atoms with van der Waals surface area (Å²) in [5.41, 5.74) is 3.18. The molecule has 0 saturated carbocycles. The molecule has 26 heavy (non-hydrogen) atoms. The van der Waals surface area contributed by atoms with Crippen LogP contribution < -0.4 is 5.32 Å². The summed E-state index contributed by atoms with van der Waals surface area (Å²) in [6.07, 6.45) is 3.12. The van der Waals surface area contributed by atoms with Crippen LogP contribution in [0.3, 0.4) is 0 Å². The summed E-state index contributed by atoms with van der Waals surface area (Å²) in [5.74, 6) is -0.0932. The van der Waals surface area contributed by atoms with Gasteiger partial charge in [0.25, 0.3) is 0 Å². The van der Waals surface area contributed by atoms with Gasteiger partial charge in [-0.05, 0) is 37.3 Å². The standard InChI is InChI=1S/C22H26N2O2/c1-17-9-11-18(12-10-17)13-14-20(25)23-21(19-7-3-2-4-8-19)22(26)24-15-5-6-16-24/h2-4,7-12,21H,5-6,13-16H2,1H3,(H,23,25)/t21-/m0/s1. The van der Waals surface area contributed by atoms with E-state index in [1.165, 1.54) is 5.56 Å². The van der Waals surface area contributed by atoms with Crippen LogP contribution in [-0.4, -0.2) is 29.8 Å². The maximum absolute atomic E-state index is 12.9. The second kappa shape index (κ2) is 8.65. The van der Waals surface area contributed by atoms with Crippen molar-refractivity contribution in [1.29, 1.82) is 0 Å². The van der Waals surface area contributed by atoms with Gasteiger partial charge in [-0.3, -0.25) is 9.59 Å². The SMILES string of the molecule is Cc1ccc(CCC(=O)N[C@H](C(=O)N2CCCC2)c2ccccc2)cc1. The van der Waals surface area contributed by atoms with Crippen molar-refractivity contribution >= 4 is 11.8 Å². The molecule has 2 amide bonds. The van der Waals surface area contributed by atoms with E-state index in [1.807, 2.05) is 54.3 Å². The number of nitrogens with one attached hydrogen (secondary N) is 1. The van der Waals surface area contributed by atoms with Gasteiger partial charge < -0.3 is 10.2 Å². The smallest absolute Gasteiger partial charge is 0.249 e. The first kappa shape index (κ1) is 18.2. The van der Waals surface area contributed by atoms with Crippen LogP contribution >= 0.6 is 0 Å². The fraction of sp³-hybridized carbons (Fsp3) is 0.364. The van der Waals surface area contributed by atoms with Crippen molar-refractivity contribution in [2.24, 2.45) is 0 Å². The van der Waals surface area contributed by atoms with Gasteiger partial charge in [0.2, 0.25) is 11.8 Å². The van der Waals surface area contributed by atoms with E-state index < -0.39 is 6.04 Å². The van der Waals surface area contributed by atoms with Gasteiger partial charge in [-0.2, -0.15) is 0 Å². The van der Waals surface area contributed by atoms with Gasteiger partial charge in [-0.15, -0.1) is 0 Å². The Bertz CT molecular complexity index is 734. The molecule has 0 aliphatic carbocycles. The van der Waals surface area contributed by atoms with Crippen molar-refractivity contribution in [2.75, 3.05) is 13.1 Å². The van der Waals surface area contributed by atoms with Crippen molar-refractivity contribution in [2.45, 2.75) is 38.6 Å². The normalized spacial score (nSPS) is 14.9. The van der Waals surface area contributed by atoms with Crippen molar-refractivity contribution in [3.8, 4) is 0 Å². The molecular formula is C22H26N2O2. The number of carbonyl (C=O) groups is 2. The van der Waals surface area contributed by atoms with Gasteiger partial charge in [0.1, 0.15) is 6.04 Å². The minimum atomic E-state index is -0.597. The van der Waals surface area contributed by atoms with Gasteiger partial charge >= 0.3 is 0 Å². The number of rotatable bonds is 6. The fourth-order valence-electron chi connectivity index (χ4n) is 3.30. The number of aryl methyl sites for hydroxylation is 2. The average Bonchev–Trinajstić information content (AvgIpc) is 3.21. The topological polar surface area (TPSA) is 49.4 Å². The average molecular weight is 350 g/mol. The van der Waals surface area contributed by atoms with Crippen LogP contribution in [-0.2, 0) is 16.0 Å². The zero-order valence-electron chi connectivity index (χ0n) is 15.3. The number of likely N-dealkylation sites (tertiary alicyclic amines) is 1. The Morgan fingerprint density at radius 3 is 2.31 bits per heavy atom. The van der Waals surface area contributed by atoms with Crippen molar-refractivity contribution in [3.63, 3.8) is 0 Å². The van der Waals surface area contributed by atoms with E-state index >= 15 is 0 Å². The minimum Gasteiger partial charge on any atom is -0.341 e. The molecule has 4 nitrogen and oxygen atoms in total. The van der Waals surface area contributed by atoms with E-state index in [0.29, 0.717) is 12.8 Å². The van der Waals surface area contributed by atoms with Gasteiger partial charge in [0.05, 0.1) is 0 Å². The number of amides is 2. The molecule has 1 N–H and O–H groups in total. The molecular weight excluding hydrogens is 324 g/mol. The van der Waals surface area contributed by atoms with Crippen LogP contribution in [0, 0.1) is 6.92 Å². The second-order valence-corrected chi connectivity index (χ2v) is 6.93. The van der Waals surface area contributed by atoms with E-state index in [4.69, 9.17) is 0 Å². The first-order chi connectivity index (χ1) is 12.6. The molecule has 1 atom stereocenters. The summed E-state index contributed by atoms with van der Waals surface area (Å²) in [7, 11) is 0. The number of hydrogen-bond acceptors (Lipinski definition) is 2. The highest BCUT2D eigenvalue weighted by Crippen LogP contribution is 2.19. The molecule has 1 aliphatic rings. The maximum atomic E-state index is 12.9. The van der Waals surface area contributed by atoms with Crippen LogP contribution in [0.2, 0.25) is 0 Å². The molecule has 1 fully saturated rings. The van der Waals surface area contributed by atoms with Crippen molar-refractivity contribution in [3.05, 3.63) is 71.3 Å². The molecule has 1 saturated heterocycles. The number of benzene rings is 2. The Labute approximate surface area is 155 Å². The molecule has 0 bridgehead atoms. The van der Waals surface area contributed by atoms with Crippen LogP contribution in [0.1, 0.15) is 42.0 Å². The lowest BCUT2D eigenvalue weighted by Gasteiger charge is -2.24. The molecule has 2 aromatic carbocycles. The summed E-state index contributed by atoms with van der Waals surface area (Å²) in [6, 6.07) is 17.1. The number of carbonyl (C=O) groups excluding carboxylic acids is 2. The minimum absolute atomic E-state index is 0.00242. The summed E-state index contributed by atoms with van der Waals surface area (Å²) in [5, 5.41) is 2.96. The van der Waals surface area contributed by atoms with Gasteiger partial charge in [-0.25, -0.2) is 0 Å². The Kier molecular flexibility index (Phi) is 6.05. The Morgan fingerprint density at radius 1 is 1.00 bits per heavy atom. The number of hydrogen-bond donors (Lipinski definition) is 1. The molecule has 0 radical (unpaired) electrons. The van der Waals surface area contributed by atoms with Crippen molar-refractivity contribution in [1.82, 2.24) is 10.2 Å². The first-order valence-corrected chi connectivity index (χ1v) is 9.32. The third-order valence-corrected chi connectivity index (χ3v) is 4.86.